The Labute approximate surface area is 138 Å². The van der Waals surface area contributed by atoms with E-state index in [2.05, 4.69) is 5.32 Å². The molecule has 0 atom stereocenters. The number of carbonyl (C=O) groups is 1. The molecule has 6 heteroatoms. The van der Waals surface area contributed by atoms with Crippen LogP contribution in [-0.2, 0) is 4.79 Å². The largest absolute Gasteiger partial charge is 0.493 e. The van der Waals surface area contributed by atoms with E-state index in [9.17, 15) is 4.79 Å². The van der Waals surface area contributed by atoms with Crippen molar-refractivity contribution in [3.8, 4) is 11.5 Å². The fourth-order valence-electron chi connectivity index (χ4n) is 1.82. The third-order valence-corrected chi connectivity index (χ3v) is 3.72. The summed E-state index contributed by atoms with van der Waals surface area (Å²) in [7, 11) is 1.55. The molecule has 22 heavy (non-hydrogen) atoms. The van der Waals surface area contributed by atoms with Gasteiger partial charge in [-0.05, 0) is 36.8 Å². The topological polar surface area (TPSA) is 47.6 Å². The van der Waals surface area contributed by atoms with Crippen LogP contribution in [0, 0.1) is 6.92 Å². The van der Waals surface area contributed by atoms with Gasteiger partial charge < -0.3 is 14.8 Å². The highest BCUT2D eigenvalue weighted by Gasteiger charge is 2.10. The van der Waals surface area contributed by atoms with Crippen LogP contribution in [0.25, 0.3) is 0 Å². The molecule has 0 saturated carbocycles. The van der Waals surface area contributed by atoms with Crippen molar-refractivity contribution in [2.75, 3.05) is 19.0 Å². The fourth-order valence-corrected chi connectivity index (χ4v) is 2.17. The van der Waals surface area contributed by atoms with Crippen LogP contribution < -0.4 is 14.8 Å². The van der Waals surface area contributed by atoms with Gasteiger partial charge in [-0.15, -0.1) is 0 Å². The maximum Gasteiger partial charge on any atom is 0.262 e. The predicted molar refractivity (Wildman–Crippen MR) is 88.3 cm³/mol. The molecule has 1 N–H and O–H groups in total. The van der Waals surface area contributed by atoms with Gasteiger partial charge in [0.1, 0.15) is 0 Å². The summed E-state index contributed by atoms with van der Waals surface area (Å²) in [4.78, 5) is 11.9. The van der Waals surface area contributed by atoms with Gasteiger partial charge in [0, 0.05) is 0 Å². The van der Waals surface area contributed by atoms with E-state index in [1.54, 1.807) is 31.4 Å². The molecule has 0 fully saturated rings. The lowest BCUT2D eigenvalue weighted by molar-refractivity contribution is -0.118. The molecule has 0 unspecified atom stereocenters. The number of nitrogens with one attached hydrogen (secondary N) is 1. The van der Waals surface area contributed by atoms with Gasteiger partial charge in [0.2, 0.25) is 0 Å². The number of halogens is 2. The number of methoxy groups -OCH3 is 1. The van der Waals surface area contributed by atoms with Crippen molar-refractivity contribution in [2.45, 2.75) is 6.92 Å². The quantitative estimate of drug-likeness (QED) is 0.881. The number of anilines is 1. The first kappa shape index (κ1) is 16.5. The first-order chi connectivity index (χ1) is 10.5. The summed E-state index contributed by atoms with van der Waals surface area (Å²) in [5.74, 6) is 0.737. The molecule has 0 aromatic heterocycles. The van der Waals surface area contributed by atoms with Crippen LogP contribution >= 0.6 is 23.2 Å². The molecule has 0 bridgehead atoms. The van der Waals surface area contributed by atoms with E-state index in [-0.39, 0.29) is 12.5 Å². The summed E-state index contributed by atoms with van der Waals surface area (Å²) in [6.45, 7) is 1.78. The van der Waals surface area contributed by atoms with E-state index in [0.717, 1.165) is 5.56 Å². The second kappa shape index (κ2) is 7.38. The van der Waals surface area contributed by atoms with Crippen LogP contribution in [-0.4, -0.2) is 19.6 Å². The van der Waals surface area contributed by atoms with Gasteiger partial charge in [-0.25, -0.2) is 0 Å². The van der Waals surface area contributed by atoms with Crippen LogP contribution in [0.3, 0.4) is 0 Å². The van der Waals surface area contributed by atoms with Gasteiger partial charge in [-0.2, -0.15) is 0 Å². The number of aryl methyl sites for hydroxylation is 1. The van der Waals surface area contributed by atoms with Gasteiger partial charge in [0.05, 0.1) is 22.8 Å². The monoisotopic (exact) mass is 339 g/mol. The average molecular weight is 340 g/mol. The number of hydrogen-bond acceptors (Lipinski definition) is 3. The molecule has 0 heterocycles. The third kappa shape index (κ3) is 4.06. The maximum absolute atomic E-state index is 11.9. The Kier molecular flexibility index (Phi) is 5.52. The normalized spacial score (nSPS) is 10.2. The number of ether oxygens (including phenoxy) is 2. The van der Waals surface area contributed by atoms with E-state index in [1.807, 2.05) is 19.1 Å². The standard InChI is InChI=1S/C16H15Cl2NO3/c1-10-6-7-13(14(8-10)21-2)22-9-15(20)19-12-5-3-4-11(17)16(12)18/h3-8H,9H2,1-2H3,(H,19,20). The minimum Gasteiger partial charge on any atom is -0.493 e. The van der Waals surface area contributed by atoms with Gasteiger partial charge in [-0.3, -0.25) is 4.79 Å². The first-order valence-corrected chi connectivity index (χ1v) is 7.28. The molecule has 0 radical (unpaired) electrons. The molecule has 2 rings (SSSR count). The van der Waals surface area contributed by atoms with E-state index in [4.69, 9.17) is 32.7 Å². The number of rotatable bonds is 5. The SMILES string of the molecule is COc1cc(C)ccc1OCC(=O)Nc1cccc(Cl)c1Cl. The Balaban J connectivity index is 2.00. The lowest BCUT2D eigenvalue weighted by Gasteiger charge is -2.12. The van der Waals surface area contributed by atoms with Gasteiger partial charge in [-0.1, -0.05) is 35.3 Å². The molecule has 0 aliphatic carbocycles. The van der Waals surface area contributed by atoms with Crippen molar-refractivity contribution in [1.29, 1.82) is 0 Å². The van der Waals surface area contributed by atoms with E-state index >= 15 is 0 Å². The van der Waals surface area contributed by atoms with Crippen LogP contribution in [0.2, 0.25) is 10.0 Å². The zero-order valence-corrected chi connectivity index (χ0v) is 13.7. The number of amides is 1. The molecule has 4 nitrogen and oxygen atoms in total. The molecular weight excluding hydrogens is 325 g/mol. The highest BCUT2D eigenvalue weighted by molar-refractivity contribution is 6.43. The van der Waals surface area contributed by atoms with Crippen molar-refractivity contribution < 1.29 is 14.3 Å². The summed E-state index contributed by atoms with van der Waals surface area (Å²) in [5, 5.41) is 3.32. The van der Waals surface area contributed by atoms with Gasteiger partial charge >= 0.3 is 0 Å². The molecule has 0 spiro atoms. The smallest absolute Gasteiger partial charge is 0.262 e. The lowest BCUT2D eigenvalue weighted by Crippen LogP contribution is -2.20. The molecule has 0 saturated heterocycles. The van der Waals surface area contributed by atoms with Crippen LogP contribution in [0.15, 0.2) is 36.4 Å². The zero-order chi connectivity index (χ0) is 16.1. The fraction of sp³-hybridized carbons (Fsp3) is 0.188. The Morgan fingerprint density at radius 3 is 2.68 bits per heavy atom. The Morgan fingerprint density at radius 1 is 1.18 bits per heavy atom. The first-order valence-electron chi connectivity index (χ1n) is 6.52. The van der Waals surface area contributed by atoms with Crippen LogP contribution in [0.1, 0.15) is 5.56 Å². The maximum atomic E-state index is 11.9. The van der Waals surface area contributed by atoms with E-state index < -0.39 is 0 Å². The zero-order valence-electron chi connectivity index (χ0n) is 12.2. The van der Waals surface area contributed by atoms with Crippen molar-refractivity contribution >= 4 is 34.8 Å². The molecule has 1 amide bonds. The summed E-state index contributed by atoms with van der Waals surface area (Å²) in [6, 6.07) is 10.5. The van der Waals surface area contributed by atoms with Crippen molar-refractivity contribution in [2.24, 2.45) is 0 Å². The number of carbonyl (C=O) groups excluding carboxylic acids is 1. The number of hydrogen-bond donors (Lipinski definition) is 1. The average Bonchev–Trinajstić information content (AvgIpc) is 2.50. The minimum absolute atomic E-state index is 0.164. The van der Waals surface area contributed by atoms with Crippen molar-refractivity contribution in [1.82, 2.24) is 0 Å². The second-order valence-electron chi connectivity index (χ2n) is 4.59. The Morgan fingerprint density at radius 2 is 1.95 bits per heavy atom. The highest BCUT2D eigenvalue weighted by atomic mass is 35.5. The molecule has 116 valence electrons. The highest BCUT2D eigenvalue weighted by Crippen LogP contribution is 2.30. The molecule has 2 aromatic rings. The summed E-state index contributed by atoms with van der Waals surface area (Å²) in [5.41, 5.74) is 1.48. The third-order valence-electron chi connectivity index (χ3n) is 2.90. The Bertz CT molecular complexity index is 689. The van der Waals surface area contributed by atoms with E-state index in [0.29, 0.717) is 27.2 Å². The van der Waals surface area contributed by atoms with Gasteiger partial charge in [0.25, 0.3) is 5.91 Å². The van der Waals surface area contributed by atoms with Crippen LogP contribution in [0.4, 0.5) is 5.69 Å². The molecule has 0 aliphatic heterocycles. The molecule has 2 aromatic carbocycles. The van der Waals surface area contributed by atoms with Crippen LogP contribution in [0.5, 0.6) is 11.5 Å². The second-order valence-corrected chi connectivity index (χ2v) is 5.38. The van der Waals surface area contributed by atoms with Crippen molar-refractivity contribution in [3.05, 3.63) is 52.0 Å². The lowest BCUT2D eigenvalue weighted by atomic mass is 10.2. The van der Waals surface area contributed by atoms with Gasteiger partial charge in [0.15, 0.2) is 18.1 Å². The minimum atomic E-state index is -0.341. The van der Waals surface area contributed by atoms with Crippen molar-refractivity contribution in [3.63, 3.8) is 0 Å². The van der Waals surface area contributed by atoms with E-state index in [1.165, 1.54) is 0 Å². The number of benzene rings is 2. The summed E-state index contributed by atoms with van der Waals surface area (Å²) >= 11 is 11.9. The molecular formula is C16H15Cl2NO3. The summed E-state index contributed by atoms with van der Waals surface area (Å²) in [6.07, 6.45) is 0. The molecule has 0 aliphatic rings. The predicted octanol–water partition coefficient (Wildman–Crippen LogP) is 4.33. The Hall–Kier alpha value is -1.91. The summed E-state index contributed by atoms with van der Waals surface area (Å²) < 4.78 is 10.7.